The predicted molar refractivity (Wildman–Crippen MR) is 86.1 cm³/mol. The Morgan fingerprint density at radius 3 is 2.54 bits per heavy atom. The van der Waals surface area contributed by atoms with Gasteiger partial charge in [0.15, 0.2) is 5.76 Å². The van der Waals surface area contributed by atoms with Gasteiger partial charge in [-0.2, -0.15) is 9.57 Å². The number of nitrogens with zero attached hydrogens (tertiary/aromatic N) is 7. The standard InChI is InChI=1S/C14H17N7O4S/c1-10-14(11(2)25-18-10)26(23,24)21-5-3-19(4-6-21)13(22)8-20-9-16-12(7-15)17-20/h9H,3-6,8H2,1-2H3. The van der Waals surface area contributed by atoms with Crippen molar-refractivity contribution in [1.29, 1.82) is 5.26 Å². The molecule has 2 aromatic rings. The molecule has 0 spiro atoms. The van der Waals surface area contributed by atoms with Crippen LogP contribution in [0.2, 0.25) is 0 Å². The lowest BCUT2D eigenvalue weighted by molar-refractivity contribution is -0.133. The Balaban J connectivity index is 1.64. The summed E-state index contributed by atoms with van der Waals surface area (Å²) in [6, 6.07) is 1.79. The molecule has 138 valence electrons. The van der Waals surface area contributed by atoms with Gasteiger partial charge in [-0.15, -0.1) is 5.10 Å². The zero-order chi connectivity index (χ0) is 18.9. The first-order valence-electron chi connectivity index (χ1n) is 7.83. The first-order chi connectivity index (χ1) is 12.3. The third-order valence-corrected chi connectivity index (χ3v) is 6.23. The number of piperazine rings is 1. The van der Waals surface area contributed by atoms with Crippen LogP contribution in [0.3, 0.4) is 0 Å². The molecule has 0 aromatic carbocycles. The van der Waals surface area contributed by atoms with Crippen LogP contribution in [0.1, 0.15) is 17.3 Å². The van der Waals surface area contributed by atoms with E-state index in [9.17, 15) is 13.2 Å². The Bertz CT molecular complexity index is 944. The van der Waals surface area contributed by atoms with Gasteiger partial charge in [0.25, 0.3) is 5.82 Å². The number of carbonyl (C=O) groups excluding carboxylic acids is 1. The number of aryl methyl sites for hydroxylation is 2. The second-order valence-electron chi connectivity index (χ2n) is 5.82. The van der Waals surface area contributed by atoms with Gasteiger partial charge >= 0.3 is 0 Å². The van der Waals surface area contributed by atoms with Crippen LogP contribution < -0.4 is 0 Å². The van der Waals surface area contributed by atoms with Gasteiger partial charge in [-0.25, -0.2) is 18.1 Å². The van der Waals surface area contributed by atoms with Gasteiger partial charge in [-0.3, -0.25) is 4.79 Å². The maximum absolute atomic E-state index is 12.8. The third-order valence-electron chi connectivity index (χ3n) is 4.09. The van der Waals surface area contributed by atoms with Crippen LogP contribution in [0, 0.1) is 25.2 Å². The molecule has 1 fully saturated rings. The highest BCUT2D eigenvalue weighted by Crippen LogP contribution is 2.24. The zero-order valence-corrected chi connectivity index (χ0v) is 15.1. The van der Waals surface area contributed by atoms with Crippen molar-refractivity contribution in [3.63, 3.8) is 0 Å². The summed E-state index contributed by atoms with van der Waals surface area (Å²) in [5, 5.41) is 16.2. The molecule has 3 heterocycles. The van der Waals surface area contributed by atoms with Gasteiger partial charge < -0.3 is 9.42 Å². The molecular formula is C14H17N7O4S. The van der Waals surface area contributed by atoms with E-state index < -0.39 is 10.0 Å². The Morgan fingerprint density at radius 1 is 1.31 bits per heavy atom. The Kier molecular flexibility index (Phi) is 4.75. The summed E-state index contributed by atoms with van der Waals surface area (Å²) in [5.41, 5.74) is 0.320. The normalized spacial score (nSPS) is 15.8. The summed E-state index contributed by atoms with van der Waals surface area (Å²) in [5.74, 6) is 0.0300. The van der Waals surface area contributed by atoms with Crippen molar-refractivity contribution in [2.75, 3.05) is 26.2 Å². The quantitative estimate of drug-likeness (QED) is 0.679. The molecule has 3 rings (SSSR count). The van der Waals surface area contributed by atoms with E-state index in [-0.39, 0.29) is 55.1 Å². The summed E-state index contributed by atoms with van der Waals surface area (Å²) in [6.45, 7) is 3.97. The lowest BCUT2D eigenvalue weighted by atomic mass is 10.3. The molecule has 12 heteroatoms. The minimum Gasteiger partial charge on any atom is -0.360 e. The highest BCUT2D eigenvalue weighted by molar-refractivity contribution is 7.89. The van der Waals surface area contributed by atoms with E-state index in [1.54, 1.807) is 24.8 Å². The average molecular weight is 379 g/mol. The van der Waals surface area contributed by atoms with Gasteiger partial charge in [0.2, 0.25) is 15.9 Å². The molecule has 0 bridgehead atoms. The van der Waals surface area contributed by atoms with Gasteiger partial charge in [0, 0.05) is 26.2 Å². The summed E-state index contributed by atoms with van der Waals surface area (Å²) >= 11 is 0. The largest absolute Gasteiger partial charge is 0.360 e. The van der Waals surface area contributed by atoms with Crippen LogP contribution in [0.5, 0.6) is 0 Å². The van der Waals surface area contributed by atoms with E-state index in [1.165, 1.54) is 15.3 Å². The van der Waals surface area contributed by atoms with Crippen LogP contribution in [0.4, 0.5) is 0 Å². The van der Waals surface area contributed by atoms with E-state index in [4.69, 9.17) is 9.78 Å². The molecule has 2 aromatic heterocycles. The van der Waals surface area contributed by atoms with Crippen molar-refractivity contribution < 1.29 is 17.7 Å². The van der Waals surface area contributed by atoms with Crippen LogP contribution in [-0.2, 0) is 21.4 Å². The first kappa shape index (κ1) is 18.0. The number of rotatable bonds is 4. The first-order valence-corrected chi connectivity index (χ1v) is 9.27. The molecule has 1 saturated heterocycles. The minimum absolute atomic E-state index is 0.00632. The monoisotopic (exact) mass is 379 g/mol. The van der Waals surface area contributed by atoms with Crippen molar-refractivity contribution >= 4 is 15.9 Å². The van der Waals surface area contributed by atoms with E-state index in [0.717, 1.165) is 0 Å². The minimum atomic E-state index is -3.71. The van der Waals surface area contributed by atoms with Crippen molar-refractivity contribution in [3.8, 4) is 6.07 Å². The summed E-state index contributed by atoms with van der Waals surface area (Å²) in [4.78, 5) is 17.7. The Hall–Kier alpha value is -2.78. The zero-order valence-electron chi connectivity index (χ0n) is 14.3. The fraction of sp³-hybridized carbons (Fsp3) is 0.500. The average Bonchev–Trinajstić information content (AvgIpc) is 3.21. The van der Waals surface area contributed by atoms with E-state index >= 15 is 0 Å². The van der Waals surface area contributed by atoms with Crippen LogP contribution in [-0.4, -0.2) is 69.6 Å². The van der Waals surface area contributed by atoms with E-state index in [1.807, 2.05) is 0 Å². The van der Waals surface area contributed by atoms with Crippen molar-refractivity contribution in [1.82, 2.24) is 29.1 Å². The third kappa shape index (κ3) is 3.31. The van der Waals surface area contributed by atoms with Crippen molar-refractivity contribution in [2.24, 2.45) is 0 Å². The lowest BCUT2D eigenvalue weighted by Crippen LogP contribution is -2.51. The van der Waals surface area contributed by atoms with Crippen molar-refractivity contribution in [2.45, 2.75) is 25.3 Å². The number of nitriles is 1. The SMILES string of the molecule is Cc1noc(C)c1S(=O)(=O)N1CCN(C(=O)Cn2cnc(C#N)n2)CC1. The summed E-state index contributed by atoms with van der Waals surface area (Å²) in [6.07, 6.45) is 1.31. The fourth-order valence-corrected chi connectivity index (χ4v) is 4.52. The molecule has 0 unspecified atom stereocenters. The number of carbonyl (C=O) groups is 1. The Morgan fingerprint density at radius 2 is 2.00 bits per heavy atom. The topological polar surface area (TPSA) is 138 Å². The van der Waals surface area contributed by atoms with Crippen molar-refractivity contribution in [3.05, 3.63) is 23.6 Å². The summed E-state index contributed by atoms with van der Waals surface area (Å²) in [7, 11) is -3.71. The molecule has 0 saturated carbocycles. The maximum Gasteiger partial charge on any atom is 0.252 e. The highest BCUT2D eigenvalue weighted by atomic mass is 32.2. The van der Waals surface area contributed by atoms with E-state index in [0.29, 0.717) is 5.69 Å². The second-order valence-corrected chi connectivity index (χ2v) is 7.69. The number of sulfonamides is 1. The molecule has 1 aliphatic heterocycles. The van der Waals surface area contributed by atoms with Gasteiger partial charge in [-0.1, -0.05) is 5.16 Å². The number of amides is 1. The molecule has 0 aliphatic carbocycles. The molecular weight excluding hydrogens is 362 g/mol. The molecule has 0 radical (unpaired) electrons. The summed E-state index contributed by atoms with van der Waals surface area (Å²) < 4.78 is 33.1. The molecule has 1 amide bonds. The highest BCUT2D eigenvalue weighted by Gasteiger charge is 2.34. The van der Waals surface area contributed by atoms with Gasteiger partial charge in [0.05, 0.1) is 0 Å². The number of hydrogen-bond donors (Lipinski definition) is 0. The lowest BCUT2D eigenvalue weighted by Gasteiger charge is -2.33. The van der Waals surface area contributed by atoms with Crippen LogP contribution in [0.25, 0.3) is 0 Å². The van der Waals surface area contributed by atoms with Crippen LogP contribution in [0.15, 0.2) is 15.7 Å². The van der Waals surface area contributed by atoms with Gasteiger partial charge in [-0.05, 0) is 13.8 Å². The fourth-order valence-electron chi connectivity index (χ4n) is 2.81. The molecule has 1 aliphatic rings. The maximum atomic E-state index is 12.8. The predicted octanol–water partition coefficient (Wildman–Crippen LogP) is -0.712. The second kappa shape index (κ2) is 6.85. The molecule has 0 N–H and O–H groups in total. The van der Waals surface area contributed by atoms with Gasteiger partial charge in [0.1, 0.15) is 29.5 Å². The number of aromatic nitrogens is 4. The smallest absolute Gasteiger partial charge is 0.252 e. The molecule has 26 heavy (non-hydrogen) atoms. The molecule has 0 atom stereocenters. The van der Waals surface area contributed by atoms with E-state index in [2.05, 4.69) is 15.2 Å². The number of hydrogen-bond acceptors (Lipinski definition) is 8. The Labute approximate surface area is 149 Å². The van der Waals surface area contributed by atoms with Crippen LogP contribution >= 0.6 is 0 Å². The molecule has 11 nitrogen and oxygen atoms in total.